The highest BCUT2D eigenvalue weighted by Crippen LogP contribution is 2.19. The van der Waals surface area contributed by atoms with Gasteiger partial charge in [0.2, 0.25) is 5.78 Å². The van der Waals surface area contributed by atoms with Crippen molar-refractivity contribution in [3.63, 3.8) is 0 Å². The number of hydrogen-bond donors (Lipinski definition) is 1. The molecule has 5 heteroatoms. The van der Waals surface area contributed by atoms with Crippen LogP contribution < -0.4 is 0 Å². The fourth-order valence-electron chi connectivity index (χ4n) is 0.910. The Kier molecular flexibility index (Phi) is 3.88. The molecule has 1 rings (SSSR count). The van der Waals surface area contributed by atoms with E-state index in [0.29, 0.717) is 5.56 Å². The molecule has 0 saturated heterocycles. The number of ketones is 1. The van der Waals surface area contributed by atoms with E-state index in [-0.39, 0.29) is 0 Å². The van der Waals surface area contributed by atoms with E-state index in [1.165, 1.54) is 12.1 Å². The van der Waals surface area contributed by atoms with Crippen LogP contribution in [0.2, 0.25) is 0 Å². The van der Waals surface area contributed by atoms with Crippen LogP contribution in [-0.4, -0.2) is 16.9 Å². The SMILES string of the molecule is O=C(O)C(Cl)=C(Cl)C(=O)c1ccccc1. The van der Waals surface area contributed by atoms with Gasteiger partial charge in [-0.05, 0) is 0 Å². The minimum absolute atomic E-state index is 0.293. The first-order chi connectivity index (χ1) is 7.04. The highest BCUT2D eigenvalue weighted by atomic mass is 35.5. The van der Waals surface area contributed by atoms with Crippen LogP contribution in [0, 0.1) is 0 Å². The fourth-order valence-corrected chi connectivity index (χ4v) is 1.19. The molecule has 1 aromatic carbocycles. The number of carbonyl (C=O) groups excluding carboxylic acids is 1. The van der Waals surface area contributed by atoms with Gasteiger partial charge in [0.25, 0.3) is 0 Å². The van der Waals surface area contributed by atoms with Crippen molar-refractivity contribution < 1.29 is 14.7 Å². The van der Waals surface area contributed by atoms with E-state index in [0.717, 1.165) is 0 Å². The molecule has 15 heavy (non-hydrogen) atoms. The van der Waals surface area contributed by atoms with Crippen LogP contribution in [0.3, 0.4) is 0 Å². The first-order valence-corrected chi connectivity index (χ1v) is 4.68. The van der Waals surface area contributed by atoms with E-state index in [4.69, 9.17) is 28.3 Å². The molecule has 0 spiro atoms. The van der Waals surface area contributed by atoms with Gasteiger partial charge in [-0.2, -0.15) is 0 Å². The number of carboxylic acid groups (broad SMARTS) is 1. The average molecular weight is 245 g/mol. The van der Waals surface area contributed by atoms with Crippen LogP contribution in [-0.2, 0) is 4.79 Å². The lowest BCUT2D eigenvalue weighted by Gasteiger charge is -1.99. The smallest absolute Gasteiger partial charge is 0.349 e. The highest BCUT2D eigenvalue weighted by molar-refractivity contribution is 6.54. The molecule has 0 radical (unpaired) electrons. The van der Waals surface area contributed by atoms with Gasteiger partial charge in [0.1, 0.15) is 10.1 Å². The second-order valence-electron chi connectivity index (χ2n) is 2.63. The molecule has 0 aromatic heterocycles. The first-order valence-electron chi connectivity index (χ1n) is 3.92. The van der Waals surface area contributed by atoms with Crippen molar-refractivity contribution in [1.29, 1.82) is 0 Å². The summed E-state index contributed by atoms with van der Waals surface area (Å²) in [6.45, 7) is 0. The van der Waals surface area contributed by atoms with Gasteiger partial charge in [-0.1, -0.05) is 53.5 Å². The molecule has 3 nitrogen and oxygen atoms in total. The van der Waals surface area contributed by atoms with E-state index in [9.17, 15) is 9.59 Å². The molecule has 0 amide bonds. The van der Waals surface area contributed by atoms with Gasteiger partial charge in [0.05, 0.1) is 0 Å². The molecule has 1 N–H and O–H groups in total. The number of rotatable bonds is 3. The summed E-state index contributed by atoms with van der Waals surface area (Å²) in [5.41, 5.74) is 0.293. The van der Waals surface area contributed by atoms with E-state index in [1.54, 1.807) is 18.2 Å². The Morgan fingerprint density at radius 3 is 2.00 bits per heavy atom. The van der Waals surface area contributed by atoms with Crippen LogP contribution >= 0.6 is 23.2 Å². The molecular weight excluding hydrogens is 239 g/mol. The lowest BCUT2D eigenvalue weighted by Crippen LogP contribution is -2.05. The minimum Gasteiger partial charge on any atom is -0.477 e. The van der Waals surface area contributed by atoms with Gasteiger partial charge < -0.3 is 5.11 Å². The number of carboxylic acids is 1. The van der Waals surface area contributed by atoms with Crippen molar-refractivity contribution >= 4 is 35.0 Å². The maximum atomic E-state index is 11.6. The van der Waals surface area contributed by atoms with Crippen LogP contribution in [0.25, 0.3) is 0 Å². The number of aliphatic carboxylic acids is 1. The number of hydrogen-bond acceptors (Lipinski definition) is 2. The van der Waals surface area contributed by atoms with Crippen molar-refractivity contribution in [2.75, 3.05) is 0 Å². The summed E-state index contributed by atoms with van der Waals surface area (Å²) in [5, 5.41) is 7.36. The summed E-state index contributed by atoms with van der Waals surface area (Å²) in [4.78, 5) is 22.0. The number of halogens is 2. The summed E-state index contributed by atoms with van der Waals surface area (Å²) in [5.74, 6) is -2.03. The molecule has 0 aliphatic rings. The molecule has 0 bridgehead atoms. The number of allylic oxidation sites excluding steroid dienone is 1. The molecular formula is C10H6Cl2O3. The zero-order chi connectivity index (χ0) is 11.4. The summed E-state index contributed by atoms with van der Waals surface area (Å²) in [7, 11) is 0. The van der Waals surface area contributed by atoms with Crippen molar-refractivity contribution in [1.82, 2.24) is 0 Å². The van der Waals surface area contributed by atoms with Crippen molar-refractivity contribution in [3.05, 3.63) is 46.0 Å². The Balaban J connectivity index is 3.07. The molecule has 0 aliphatic carbocycles. The maximum Gasteiger partial charge on any atom is 0.349 e. The monoisotopic (exact) mass is 244 g/mol. The lowest BCUT2D eigenvalue weighted by atomic mass is 10.1. The van der Waals surface area contributed by atoms with Gasteiger partial charge in [-0.15, -0.1) is 0 Å². The normalized spacial score (nSPS) is 11.9. The quantitative estimate of drug-likeness (QED) is 0.657. The molecule has 1 aromatic rings. The zero-order valence-corrected chi connectivity index (χ0v) is 8.92. The van der Waals surface area contributed by atoms with Crippen LogP contribution in [0.5, 0.6) is 0 Å². The van der Waals surface area contributed by atoms with Crippen molar-refractivity contribution in [3.8, 4) is 0 Å². The summed E-state index contributed by atoms with van der Waals surface area (Å²) < 4.78 is 0. The third kappa shape index (κ3) is 2.81. The number of benzene rings is 1. The molecule has 0 saturated carbocycles. The Bertz CT molecular complexity index is 424. The van der Waals surface area contributed by atoms with Crippen LogP contribution in [0.15, 0.2) is 40.4 Å². The van der Waals surface area contributed by atoms with E-state index >= 15 is 0 Å². The molecule has 0 heterocycles. The first kappa shape index (κ1) is 11.8. The van der Waals surface area contributed by atoms with E-state index < -0.39 is 21.8 Å². The fraction of sp³-hybridized carbons (Fsp3) is 0. The largest absolute Gasteiger partial charge is 0.477 e. The third-order valence-electron chi connectivity index (χ3n) is 1.62. The standard InChI is InChI=1S/C10H6Cl2O3/c11-7(8(12)10(14)15)9(13)6-4-2-1-3-5-6/h1-5H,(H,14,15). The topological polar surface area (TPSA) is 54.4 Å². The summed E-state index contributed by atoms with van der Waals surface area (Å²) >= 11 is 10.9. The van der Waals surface area contributed by atoms with Gasteiger partial charge in [-0.25, -0.2) is 4.79 Å². The minimum atomic E-state index is -1.43. The zero-order valence-electron chi connectivity index (χ0n) is 7.41. The van der Waals surface area contributed by atoms with Gasteiger partial charge >= 0.3 is 5.97 Å². The molecule has 0 atom stereocenters. The third-order valence-corrected chi connectivity index (χ3v) is 2.42. The van der Waals surface area contributed by atoms with Crippen molar-refractivity contribution in [2.24, 2.45) is 0 Å². The predicted octanol–water partition coefficient (Wildman–Crippen LogP) is 2.64. The van der Waals surface area contributed by atoms with Crippen molar-refractivity contribution in [2.45, 2.75) is 0 Å². The summed E-state index contributed by atoms with van der Waals surface area (Å²) in [6.07, 6.45) is 0. The summed E-state index contributed by atoms with van der Waals surface area (Å²) in [6, 6.07) is 8.07. The molecule has 0 unspecified atom stereocenters. The Morgan fingerprint density at radius 2 is 1.53 bits per heavy atom. The average Bonchev–Trinajstić information content (AvgIpc) is 2.27. The molecule has 0 fully saturated rings. The Morgan fingerprint density at radius 1 is 1.00 bits per heavy atom. The van der Waals surface area contributed by atoms with Crippen LogP contribution in [0.1, 0.15) is 10.4 Å². The number of carbonyl (C=O) groups is 2. The van der Waals surface area contributed by atoms with Crippen LogP contribution in [0.4, 0.5) is 0 Å². The second-order valence-corrected chi connectivity index (χ2v) is 3.38. The van der Waals surface area contributed by atoms with Gasteiger partial charge in [-0.3, -0.25) is 4.79 Å². The number of Topliss-reactive ketones (excluding diaryl/α,β-unsaturated/α-hetero) is 1. The Hall–Kier alpha value is -1.32. The van der Waals surface area contributed by atoms with Gasteiger partial charge in [0.15, 0.2) is 0 Å². The molecule has 0 aliphatic heterocycles. The van der Waals surface area contributed by atoms with E-state index in [1.807, 2.05) is 0 Å². The second kappa shape index (κ2) is 4.96. The lowest BCUT2D eigenvalue weighted by molar-refractivity contribution is -0.131. The van der Waals surface area contributed by atoms with E-state index in [2.05, 4.69) is 0 Å². The predicted molar refractivity (Wildman–Crippen MR) is 57.1 cm³/mol. The Labute approximate surface area is 95.9 Å². The molecule has 78 valence electrons. The maximum absolute atomic E-state index is 11.6. The van der Waals surface area contributed by atoms with Gasteiger partial charge in [0, 0.05) is 5.56 Å². The highest BCUT2D eigenvalue weighted by Gasteiger charge is 2.18.